The van der Waals surface area contributed by atoms with Crippen LogP contribution >= 0.6 is 11.3 Å². The van der Waals surface area contributed by atoms with E-state index in [2.05, 4.69) is 17.1 Å². The summed E-state index contributed by atoms with van der Waals surface area (Å²) in [6, 6.07) is 20.7. The molecule has 1 heterocycles. The SMILES string of the molecule is OC(Cc1ccccc1)c1csc(/C=C/CCCOc2[c]cccc2)n1. The number of hydrogen-bond donors (Lipinski definition) is 1. The van der Waals surface area contributed by atoms with Gasteiger partial charge < -0.3 is 9.84 Å². The van der Waals surface area contributed by atoms with Crippen LogP contribution in [0.5, 0.6) is 5.75 Å². The van der Waals surface area contributed by atoms with Crippen molar-refractivity contribution < 1.29 is 9.84 Å². The van der Waals surface area contributed by atoms with Crippen molar-refractivity contribution in [1.29, 1.82) is 0 Å². The first kappa shape index (κ1) is 18.4. The summed E-state index contributed by atoms with van der Waals surface area (Å²) >= 11 is 1.55. The van der Waals surface area contributed by atoms with Crippen molar-refractivity contribution in [3.63, 3.8) is 0 Å². The number of aliphatic hydroxyl groups excluding tert-OH is 1. The van der Waals surface area contributed by atoms with Gasteiger partial charge in [-0.05, 0) is 30.5 Å². The molecule has 3 aromatic rings. The van der Waals surface area contributed by atoms with Crippen molar-refractivity contribution in [3.8, 4) is 5.75 Å². The standard InChI is InChI=1S/C22H22NO2S/c24-21(16-18-10-4-1-5-11-18)20-17-26-22(23-20)14-8-3-9-15-25-19-12-6-2-7-13-19/h1-2,4-8,10-12,14,17,21,24H,3,9,15-16H2/b14-8+. The molecule has 0 bridgehead atoms. The van der Waals surface area contributed by atoms with Gasteiger partial charge in [-0.25, -0.2) is 4.98 Å². The van der Waals surface area contributed by atoms with E-state index in [0.29, 0.717) is 13.0 Å². The highest BCUT2D eigenvalue weighted by Gasteiger charge is 2.11. The van der Waals surface area contributed by atoms with E-state index >= 15 is 0 Å². The molecule has 2 aromatic carbocycles. The maximum absolute atomic E-state index is 10.3. The number of aromatic nitrogens is 1. The van der Waals surface area contributed by atoms with E-state index in [1.54, 1.807) is 11.3 Å². The summed E-state index contributed by atoms with van der Waals surface area (Å²) in [6.45, 7) is 0.670. The Labute approximate surface area is 158 Å². The molecule has 0 saturated carbocycles. The zero-order valence-corrected chi connectivity index (χ0v) is 15.4. The van der Waals surface area contributed by atoms with Crippen LogP contribution in [0.1, 0.15) is 35.2 Å². The molecule has 133 valence electrons. The quantitative estimate of drug-likeness (QED) is 0.538. The highest BCUT2D eigenvalue weighted by molar-refractivity contribution is 7.10. The lowest BCUT2D eigenvalue weighted by Crippen LogP contribution is -2.02. The second-order valence-corrected chi connectivity index (χ2v) is 6.83. The summed E-state index contributed by atoms with van der Waals surface area (Å²) in [5, 5.41) is 13.2. The Morgan fingerprint density at radius 2 is 2.00 bits per heavy atom. The minimum atomic E-state index is -0.564. The molecule has 3 nitrogen and oxygen atoms in total. The van der Waals surface area contributed by atoms with E-state index < -0.39 is 6.10 Å². The molecule has 26 heavy (non-hydrogen) atoms. The summed E-state index contributed by atoms with van der Waals surface area (Å²) in [5.74, 6) is 0.786. The first-order valence-electron chi connectivity index (χ1n) is 8.75. The third-order valence-corrected chi connectivity index (χ3v) is 4.69. The van der Waals surface area contributed by atoms with Crippen molar-refractivity contribution in [1.82, 2.24) is 4.98 Å². The average Bonchev–Trinajstić information content (AvgIpc) is 3.15. The summed E-state index contributed by atoms with van der Waals surface area (Å²) in [6.07, 6.45) is 6.00. The molecule has 0 fully saturated rings. The summed E-state index contributed by atoms with van der Waals surface area (Å²) in [4.78, 5) is 4.52. The fourth-order valence-corrected chi connectivity index (χ4v) is 3.29. The number of rotatable bonds is 9. The van der Waals surface area contributed by atoms with Gasteiger partial charge in [0.25, 0.3) is 0 Å². The van der Waals surface area contributed by atoms with Crippen LogP contribution in [0.2, 0.25) is 0 Å². The first-order chi connectivity index (χ1) is 12.8. The van der Waals surface area contributed by atoms with E-state index in [1.165, 1.54) is 0 Å². The van der Waals surface area contributed by atoms with Crippen LogP contribution in [0.25, 0.3) is 6.08 Å². The van der Waals surface area contributed by atoms with Gasteiger partial charge in [-0.2, -0.15) is 0 Å². The predicted molar refractivity (Wildman–Crippen MR) is 106 cm³/mol. The molecule has 0 aliphatic rings. The van der Waals surface area contributed by atoms with Crippen molar-refractivity contribution in [2.24, 2.45) is 0 Å². The summed E-state index contributed by atoms with van der Waals surface area (Å²) < 4.78 is 5.61. The highest BCUT2D eigenvalue weighted by Crippen LogP contribution is 2.21. The zero-order valence-electron chi connectivity index (χ0n) is 14.5. The number of unbranched alkanes of at least 4 members (excludes halogenated alkanes) is 1. The lowest BCUT2D eigenvalue weighted by Gasteiger charge is -2.07. The molecule has 1 radical (unpaired) electrons. The van der Waals surface area contributed by atoms with E-state index in [9.17, 15) is 5.11 Å². The van der Waals surface area contributed by atoms with Gasteiger partial charge in [-0.3, -0.25) is 0 Å². The number of nitrogens with zero attached hydrogens (tertiary/aromatic N) is 1. The van der Waals surface area contributed by atoms with Crippen molar-refractivity contribution in [2.45, 2.75) is 25.4 Å². The van der Waals surface area contributed by atoms with E-state index in [-0.39, 0.29) is 0 Å². The molecule has 1 atom stereocenters. The van der Waals surface area contributed by atoms with Gasteiger partial charge in [-0.15, -0.1) is 11.3 Å². The molecule has 4 heteroatoms. The monoisotopic (exact) mass is 364 g/mol. The number of thiazole rings is 1. The topological polar surface area (TPSA) is 42.4 Å². The summed E-state index contributed by atoms with van der Waals surface area (Å²) in [5.41, 5.74) is 1.85. The molecule has 1 aromatic heterocycles. The number of ether oxygens (including phenoxy) is 1. The highest BCUT2D eigenvalue weighted by atomic mass is 32.1. The maximum atomic E-state index is 10.3. The first-order valence-corrected chi connectivity index (χ1v) is 9.63. The third kappa shape index (κ3) is 5.83. The third-order valence-electron chi connectivity index (χ3n) is 3.87. The van der Waals surface area contributed by atoms with Crippen LogP contribution in [-0.2, 0) is 6.42 Å². The fraction of sp³-hybridized carbons (Fsp3) is 0.227. The molecular weight excluding hydrogens is 342 g/mol. The Morgan fingerprint density at radius 3 is 2.81 bits per heavy atom. The minimum Gasteiger partial charge on any atom is -0.493 e. The van der Waals surface area contributed by atoms with Crippen LogP contribution < -0.4 is 4.74 Å². The molecule has 0 saturated heterocycles. The van der Waals surface area contributed by atoms with Gasteiger partial charge >= 0.3 is 0 Å². The number of aliphatic hydroxyl groups is 1. The molecule has 1 N–H and O–H groups in total. The number of para-hydroxylation sites is 1. The van der Waals surface area contributed by atoms with E-state index in [1.807, 2.05) is 66.1 Å². The van der Waals surface area contributed by atoms with Crippen LogP contribution in [-0.4, -0.2) is 16.7 Å². The largest absolute Gasteiger partial charge is 0.493 e. The van der Waals surface area contributed by atoms with E-state index in [0.717, 1.165) is 34.9 Å². The Bertz CT molecular complexity index is 799. The smallest absolute Gasteiger partial charge is 0.127 e. The van der Waals surface area contributed by atoms with Crippen LogP contribution in [0.4, 0.5) is 0 Å². The second-order valence-electron chi connectivity index (χ2n) is 5.94. The van der Waals surface area contributed by atoms with Gasteiger partial charge in [0.2, 0.25) is 0 Å². The Morgan fingerprint density at radius 1 is 1.15 bits per heavy atom. The average molecular weight is 364 g/mol. The predicted octanol–water partition coefficient (Wildman–Crippen LogP) is 5.09. The normalized spacial score (nSPS) is 12.3. The maximum Gasteiger partial charge on any atom is 0.127 e. The molecule has 0 spiro atoms. The van der Waals surface area contributed by atoms with Gasteiger partial charge in [0.15, 0.2) is 0 Å². The van der Waals surface area contributed by atoms with Crippen molar-refractivity contribution in [2.75, 3.05) is 6.61 Å². The van der Waals surface area contributed by atoms with E-state index in [4.69, 9.17) is 4.74 Å². The summed E-state index contributed by atoms with van der Waals surface area (Å²) in [7, 11) is 0. The fourth-order valence-electron chi connectivity index (χ4n) is 2.51. The lowest BCUT2D eigenvalue weighted by atomic mass is 10.1. The Kier molecular flexibility index (Phi) is 6.99. The Hall–Kier alpha value is -2.43. The van der Waals surface area contributed by atoms with Crippen molar-refractivity contribution >= 4 is 17.4 Å². The minimum absolute atomic E-state index is 0.564. The van der Waals surface area contributed by atoms with Gasteiger partial charge in [0, 0.05) is 17.9 Å². The number of benzene rings is 2. The molecule has 0 amide bonds. The van der Waals surface area contributed by atoms with Crippen LogP contribution in [0.3, 0.4) is 0 Å². The lowest BCUT2D eigenvalue weighted by molar-refractivity contribution is 0.174. The number of hydrogen-bond acceptors (Lipinski definition) is 4. The molecule has 3 rings (SSSR count). The van der Waals surface area contributed by atoms with Crippen LogP contribution in [0.15, 0.2) is 66.1 Å². The van der Waals surface area contributed by atoms with Gasteiger partial charge in [0.1, 0.15) is 16.9 Å². The second kappa shape index (κ2) is 9.90. The van der Waals surface area contributed by atoms with Crippen molar-refractivity contribution in [3.05, 3.63) is 88.4 Å². The molecular formula is C22H22NO2S. The molecule has 0 aliphatic heterocycles. The molecule has 0 aliphatic carbocycles. The zero-order chi connectivity index (χ0) is 18.0. The number of allylic oxidation sites excluding steroid dienone is 1. The van der Waals surface area contributed by atoms with Gasteiger partial charge in [0.05, 0.1) is 12.3 Å². The van der Waals surface area contributed by atoms with Gasteiger partial charge in [-0.1, -0.05) is 54.6 Å². The Balaban J connectivity index is 1.40. The van der Waals surface area contributed by atoms with Crippen LogP contribution in [0, 0.1) is 6.07 Å². The molecule has 1 unspecified atom stereocenters.